The molecule has 0 aliphatic heterocycles. The smallest absolute Gasteiger partial charge is 0.261 e. The zero-order valence-electron chi connectivity index (χ0n) is 16.3. The molecule has 2 rings (SSSR count). The summed E-state index contributed by atoms with van der Waals surface area (Å²) in [7, 11) is 1.64. The molecule has 2 aromatic rings. The second-order valence-corrected chi connectivity index (χ2v) is 6.58. The SMILES string of the molecule is CCC(Oc1cc(C)cc(C)c1)C(=O)NC(CC)c1ccc(OC)cc1. The van der Waals surface area contributed by atoms with Crippen molar-refractivity contribution in [2.24, 2.45) is 0 Å². The van der Waals surface area contributed by atoms with Crippen LogP contribution in [-0.2, 0) is 4.79 Å². The highest BCUT2D eigenvalue weighted by atomic mass is 16.5. The number of carbonyl (C=O) groups is 1. The molecular formula is C22H29NO3. The molecule has 0 aliphatic carbocycles. The molecule has 0 fully saturated rings. The molecule has 4 heteroatoms. The van der Waals surface area contributed by atoms with Gasteiger partial charge in [-0.2, -0.15) is 0 Å². The van der Waals surface area contributed by atoms with Crippen molar-refractivity contribution in [1.29, 1.82) is 0 Å². The minimum absolute atomic E-state index is 0.0506. The van der Waals surface area contributed by atoms with Crippen molar-refractivity contribution in [3.05, 3.63) is 59.2 Å². The Kier molecular flexibility index (Phi) is 7.07. The summed E-state index contributed by atoms with van der Waals surface area (Å²) in [5.74, 6) is 1.45. The maximum Gasteiger partial charge on any atom is 0.261 e. The van der Waals surface area contributed by atoms with Gasteiger partial charge in [-0.3, -0.25) is 4.79 Å². The quantitative estimate of drug-likeness (QED) is 0.744. The van der Waals surface area contributed by atoms with E-state index in [-0.39, 0.29) is 11.9 Å². The minimum atomic E-state index is -0.511. The highest BCUT2D eigenvalue weighted by molar-refractivity contribution is 5.81. The molecule has 0 saturated heterocycles. The lowest BCUT2D eigenvalue weighted by atomic mass is 10.0. The van der Waals surface area contributed by atoms with Crippen LogP contribution in [0.4, 0.5) is 0 Å². The number of nitrogens with one attached hydrogen (secondary N) is 1. The zero-order chi connectivity index (χ0) is 19.1. The molecule has 2 aromatic carbocycles. The van der Waals surface area contributed by atoms with Gasteiger partial charge < -0.3 is 14.8 Å². The van der Waals surface area contributed by atoms with Gasteiger partial charge in [0.15, 0.2) is 6.10 Å². The number of hydrogen-bond acceptors (Lipinski definition) is 3. The van der Waals surface area contributed by atoms with Gasteiger partial charge in [0.05, 0.1) is 13.2 Å². The molecular weight excluding hydrogens is 326 g/mol. The largest absolute Gasteiger partial charge is 0.497 e. The van der Waals surface area contributed by atoms with Crippen molar-refractivity contribution in [1.82, 2.24) is 5.32 Å². The van der Waals surface area contributed by atoms with Crippen molar-refractivity contribution in [3.63, 3.8) is 0 Å². The molecule has 0 bridgehead atoms. The van der Waals surface area contributed by atoms with Crippen LogP contribution in [0.2, 0.25) is 0 Å². The third kappa shape index (κ3) is 5.25. The van der Waals surface area contributed by atoms with Gasteiger partial charge in [-0.15, -0.1) is 0 Å². The number of hydrogen-bond donors (Lipinski definition) is 1. The van der Waals surface area contributed by atoms with Gasteiger partial charge in [0.1, 0.15) is 11.5 Å². The van der Waals surface area contributed by atoms with E-state index in [2.05, 4.69) is 18.3 Å². The van der Waals surface area contributed by atoms with Gasteiger partial charge in [0, 0.05) is 0 Å². The highest BCUT2D eigenvalue weighted by Crippen LogP contribution is 2.22. The molecule has 2 atom stereocenters. The Labute approximate surface area is 156 Å². The van der Waals surface area contributed by atoms with Crippen LogP contribution >= 0.6 is 0 Å². The van der Waals surface area contributed by atoms with Crippen LogP contribution in [0.15, 0.2) is 42.5 Å². The van der Waals surface area contributed by atoms with Crippen molar-refractivity contribution in [3.8, 4) is 11.5 Å². The first-order valence-corrected chi connectivity index (χ1v) is 9.16. The number of carbonyl (C=O) groups excluding carboxylic acids is 1. The van der Waals surface area contributed by atoms with E-state index in [1.165, 1.54) is 0 Å². The maximum atomic E-state index is 12.8. The van der Waals surface area contributed by atoms with Gasteiger partial charge in [-0.25, -0.2) is 0 Å². The minimum Gasteiger partial charge on any atom is -0.497 e. The van der Waals surface area contributed by atoms with Gasteiger partial charge >= 0.3 is 0 Å². The van der Waals surface area contributed by atoms with Gasteiger partial charge in [0.2, 0.25) is 0 Å². The Bertz CT molecular complexity index is 704. The van der Waals surface area contributed by atoms with Crippen LogP contribution in [0.25, 0.3) is 0 Å². The topological polar surface area (TPSA) is 47.6 Å². The number of ether oxygens (including phenoxy) is 2. The number of amides is 1. The molecule has 1 N–H and O–H groups in total. The molecule has 0 heterocycles. The average molecular weight is 355 g/mol. The molecule has 2 unspecified atom stereocenters. The van der Waals surface area contributed by atoms with Gasteiger partial charge in [-0.05, 0) is 67.6 Å². The lowest BCUT2D eigenvalue weighted by Gasteiger charge is -2.23. The van der Waals surface area contributed by atoms with Crippen LogP contribution in [0, 0.1) is 13.8 Å². The predicted molar refractivity (Wildman–Crippen MR) is 105 cm³/mol. The standard InChI is InChI=1S/C22H29NO3/c1-6-20(17-8-10-18(25-5)11-9-17)23-22(24)21(7-2)26-19-13-15(3)12-16(4)14-19/h8-14,20-21H,6-7H2,1-5H3,(H,23,24). The zero-order valence-corrected chi connectivity index (χ0v) is 16.3. The number of benzene rings is 2. The van der Waals surface area contributed by atoms with E-state index in [4.69, 9.17) is 9.47 Å². The van der Waals surface area contributed by atoms with Crippen molar-refractivity contribution in [2.45, 2.75) is 52.7 Å². The second kappa shape index (κ2) is 9.27. The second-order valence-electron chi connectivity index (χ2n) is 6.58. The summed E-state index contributed by atoms with van der Waals surface area (Å²) >= 11 is 0. The van der Waals surface area contributed by atoms with Crippen molar-refractivity contribution in [2.75, 3.05) is 7.11 Å². The highest BCUT2D eigenvalue weighted by Gasteiger charge is 2.22. The molecule has 0 aliphatic rings. The molecule has 4 nitrogen and oxygen atoms in total. The number of methoxy groups -OCH3 is 1. The lowest BCUT2D eigenvalue weighted by Crippen LogP contribution is -2.40. The Hall–Kier alpha value is -2.49. The third-order valence-corrected chi connectivity index (χ3v) is 4.38. The average Bonchev–Trinajstić information content (AvgIpc) is 2.63. The molecule has 0 spiro atoms. The molecule has 140 valence electrons. The van der Waals surface area contributed by atoms with Crippen LogP contribution in [-0.4, -0.2) is 19.1 Å². The third-order valence-electron chi connectivity index (χ3n) is 4.38. The van der Waals surface area contributed by atoms with Crippen LogP contribution < -0.4 is 14.8 Å². The number of rotatable bonds is 8. The monoisotopic (exact) mass is 355 g/mol. The summed E-state index contributed by atoms with van der Waals surface area (Å²) in [6, 6.07) is 13.8. The fraction of sp³-hybridized carbons (Fsp3) is 0.409. The first-order valence-electron chi connectivity index (χ1n) is 9.16. The Balaban J connectivity index is 2.08. The first kappa shape index (κ1) is 19.8. The molecule has 0 aromatic heterocycles. The fourth-order valence-electron chi connectivity index (χ4n) is 3.01. The summed E-state index contributed by atoms with van der Waals surface area (Å²) < 4.78 is 11.2. The van der Waals surface area contributed by atoms with Crippen LogP contribution in [0.5, 0.6) is 11.5 Å². The summed E-state index contributed by atoms with van der Waals surface area (Å²) in [6.45, 7) is 8.07. The van der Waals surface area contributed by atoms with E-state index in [1.54, 1.807) is 7.11 Å². The summed E-state index contributed by atoms with van der Waals surface area (Å²) in [5, 5.41) is 3.12. The molecule has 0 radical (unpaired) electrons. The van der Waals surface area contributed by atoms with E-state index in [0.29, 0.717) is 6.42 Å². The summed E-state index contributed by atoms with van der Waals surface area (Å²) in [6.07, 6.45) is 0.902. The van der Waals surface area contributed by atoms with Crippen LogP contribution in [0.1, 0.15) is 49.4 Å². The predicted octanol–water partition coefficient (Wildman–Crippen LogP) is 4.74. The van der Waals surface area contributed by atoms with Crippen LogP contribution in [0.3, 0.4) is 0 Å². The van der Waals surface area contributed by atoms with E-state index in [1.807, 2.05) is 57.2 Å². The van der Waals surface area contributed by atoms with E-state index in [9.17, 15) is 4.79 Å². The lowest BCUT2D eigenvalue weighted by molar-refractivity contribution is -0.128. The maximum absolute atomic E-state index is 12.8. The molecule has 1 amide bonds. The fourth-order valence-corrected chi connectivity index (χ4v) is 3.01. The van der Waals surface area contributed by atoms with Gasteiger partial charge in [-0.1, -0.05) is 32.0 Å². The summed E-state index contributed by atoms with van der Waals surface area (Å²) in [5.41, 5.74) is 3.31. The number of aryl methyl sites for hydroxylation is 2. The van der Waals surface area contributed by atoms with Crippen molar-refractivity contribution < 1.29 is 14.3 Å². The Morgan fingerprint density at radius 1 is 0.962 bits per heavy atom. The molecule has 26 heavy (non-hydrogen) atoms. The van der Waals surface area contributed by atoms with Crippen molar-refractivity contribution >= 4 is 5.91 Å². The van der Waals surface area contributed by atoms with E-state index < -0.39 is 6.10 Å². The Morgan fingerprint density at radius 2 is 1.58 bits per heavy atom. The molecule has 0 saturated carbocycles. The normalized spacial score (nSPS) is 13.0. The summed E-state index contributed by atoms with van der Waals surface area (Å²) in [4.78, 5) is 12.8. The van der Waals surface area contributed by atoms with Gasteiger partial charge in [0.25, 0.3) is 5.91 Å². The van der Waals surface area contributed by atoms with E-state index in [0.717, 1.165) is 34.6 Å². The van der Waals surface area contributed by atoms with E-state index >= 15 is 0 Å². The first-order chi connectivity index (χ1) is 12.5. The Morgan fingerprint density at radius 3 is 2.08 bits per heavy atom.